The molecule has 0 fully saturated rings. The van der Waals surface area contributed by atoms with Crippen LogP contribution in [0.4, 0.5) is 0 Å². The summed E-state index contributed by atoms with van der Waals surface area (Å²) in [5.74, 6) is 0.780. The van der Waals surface area contributed by atoms with Gasteiger partial charge in [0.15, 0.2) is 5.69 Å². The van der Waals surface area contributed by atoms with Crippen molar-refractivity contribution in [1.82, 2.24) is 10.1 Å². The first-order chi connectivity index (χ1) is 8.93. The number of aromatic nitrogens is 1. The number of aryl methyl sites for hydroxylation is 1. The van der Waals surface area contributed by atoms with Crippen LogP contribution in [0.2, 0.25) is 0 Å². The lowest BCUT2D eigenvalue weighted by molar-refractivity contribution is 0.0730. The summed E-state index contributed by atoms with van der Waals surface area (Å²) in [6.45, 7) is 6.70. The molecule has 19 heavy (non-hydrogen) atoms. The number of nitrogens with two attached hydrogens (primary N) is 1. The Morgan fingerprint density at radius 2 is 2.32 bits per heavy atom. The molecule has 7 heteroatoms. The van der Waals surface area contributed by atoms with Gasteiger partial charge >= 0.3 is 0 Å². The molecule has 3 N–H and O–H groups in total. The normalized spacial score (nSPS) is 11.9. The van der Waals surface area contributed by atoms with E-state index in [1.165, 1.54) is 0 Å². The lowest BCUT2D eigenvalue weighted by atomic mass is 10.2. The minimum atomic E-state index is -0.212. The van der Waals surface area contributed by atoms with Gasteiger partial charge in [-0.2, -0.15) is 0 Å². The van der Waals surface area contributed by atoms with Crippen molar-refractivity contribution in [3.05, 3.63) is 17.5 Å². The second-order valence-electron chi connectivity index (χ2n) is 4.81. The Kier molecular flexibility index (Phi) is 5.35. The Balaban J connectivity index is 2.75. The van der Waals surface area contributed by atoms with Crippen LogP contribution < -0.4 is 5.73 Å². The van der Waals surface area contributed by atoms with E-state index in [4.69, 9.17) is 15.5 Å². The number of carbonyl (C=O) groups is 1. The van der Waals surface area contributed by atoms with Gasteiger partial charge < -0.3 is 20.4 Å². The quantitative estimate of drug-likeness (QED) is 0.349. The van der Waals surface area contributed by atoms with Gasteiger partial charge in [-0.25, -0.2) is 0 Å². The first-order valence-electron chi connectivity index (χ1n) is 6.13. The molecule has 0 aliphatic heterocycles. The molecule has 0 saturated heterocycles. The number of hydrogen-bond acceptors (Lipinski definition) is 5. The summed E-state index contributed by atoms with van der Waals surface area (Å²) in [5, 5.41) is 15.1. The maximum atomic E-state index is 12.3. The third kappa shape index (κ3) is 4.61. The highest BCUT2D eigenvalue weighted by atomic mass is 16.5. The molecule has 1 aromatic heterocycles. The van der Waals surface area contributed by atoms with Crippen molar-refractivity contribution >= 4 is 11.7 Å². The summed E-state index contributed by atoms with van der Waals surface area (Å²) < 4.78 is 4.90. The molecule has 0 radical (unpaired) electrons. The number of amides is 1. The fraction of sp³-hybridized carbons (Fsp3) is 0.583. The average molecular weight is 268 g/mol. The van der Waals surface area contributed by atoms with E-state index in [1.807, 2.05) is 13.8 Å². The lowest BCUT2D eigenvalue weighted by Crippen LogP contribution is -2.37. The highest BCUT2D eigenvalue weighted by Crippen LogP contribution is 2.09. The van der Waals surface area contributed by atoms with E-state index < -0.39 is 0 Å². The zero-order valence-electron chi connectivity index (χ0n) is 11.5. The molecule has 0 unspecified atom stereocenters. The largest absolute Gasteiger partial charge is 0.409 e. The van der Waals surface area contributed by atoms with Crippen molar-refractivity contribution in [1.29, 1.82) is 0 Å². The van der Waals surface area contributed by atoms with E-state index >= 15 is 0 Å². The lowest BCUT2D eigenvalue weighted by Gasteiger charge is -2.23. The standard InChI is InChI=1S/C12H20N4O3/c1-8(2)7-16(5-4-11(13)14-18)12(17)10-6-9(3)19-15-10/h6,8,18H,4-5,7H2,1-3H3,(H2,13,14). The van der Waals surface area contributed by atoms with E-state index in [0.717, 1.165) is 0 Å². The smallest absolute Gasteiger partial charge is 0.276 e. The molecule has 0 aliphatic carbocycles. The Bertz CT molecular complexity index is 454. The molecule has 0 aromatic carbocycles. The third-order valence-corrected chi connectivity index (χ3v) is 2.49. The van der Waals surface area contributed by atoms with Gasteiger partial charge in [-0.1, -0.05) is 24.2 Å². The van der Waals surface area contributed by atoms with Gasteiger partial charge in [0.1, 0.15) is 11.6 Å². The summed E-state index contributed by atoms with van der Waals surface area (Å²) in [5.41, 5.74) is 5.70. The summed E-state index contributed by atoms with van der Waals surface area (Å²) in [6.07, 6.45) is 0.311. The predicted molar refractivity (Wildman–Crippen MR) is 70.0 cm³/mol. The molecule has 1 rings (SSSR count). The van der Waals surface area contributed by atoms with E-state index in [-0.39, 0.29) is 17.4 Å². The summed E-state index contributed by atoms with van der Waals surface area (Å²) >= 11 is 0. The van der Waals surface area contributed by atoms with Crippen LogP contribution in [0, 0.1) is 12.8 Å². The van der Waals surface area contributed by atoms with Gasteiger partial charge in [0.25, 0.3) is 5.91 Å². The summed E-state index contributed by atoms with van der Waals surface area (Å²) in [4.78, 5) is 13.9. The number of carbonyl (C=O) groups excluding carboxylic acids is 1. The fourth-order valence-corrected chi connectivity index (χ4v) is 1.65. The second kappa shape index (κ2) is 6.77. The Morgan fingerprint density at radius 3 is 2.79 bits per heavy atom. The van der Waals surface area contributed by atoms with Crippen LogP contribution in [-0.2, 0) is 0 Å². The Labute approximate surface area is 112 Å². The van der Waals surface area contributed by atoms with E-state index in [2.05, 4.69) is 10.3 Å². The van der Waals surface area contributed by atoms with Crippen LogP contribution >= 0.6 is 0 Å². The Hall–Kier alpha value is -2.05. The van der Waals surface area contributed by atoms with Crippen molar-refractivity contribution in [2.75, 3.05) is 13.1 Å². The van der Waals surface area contributed by atoms with Gasteiger partial charge in [0.2, 0.25) is 0 Å². The van der Waals surface area contributed by atoms with Crippen molar-refractivity contribution in [3.63, 3.8) is 0 Å². The molecule has 1 aromatic rings. The average Bonchev–Trinajstić information content (AvgIpc) is 2.79. The highest BCUT2D eigenvalue weighted by molar-refractivity contribution is 5.92. The van der Waals surface area contributed by atoms with Crippen LogP contribution in [0.1, 0.15) is 36.5 Å². The first-order valence-corrected chi connectivity index (χ1v) is 6.13. The minimum absolute atomic E-state index is 0.0953. The molecular formula is C12H20N4O3. The fourth-order valence-electron chi connectivity index (χ4n) is 1.65. The van der Waals surface area contributed by atoms with Gasteiger partial charge in [-0.05, 0) is 12.8 Å². The zero-order chi connectivity index (χ0) is 14.4. The van der Waals surface area contributed by atoms with Gasteiger partial charge in [-0.15, -0.1) is 0 Å². The third-order valence-electron chi connectivity index (χ3n) is 2.49. The molecule has 7 nitrogen and oxygen atoms in total. The van der Waals surface area contributed by atoms with Crippen molar-refractivity contribution < 1.29 is 14.5 Å². The monoisotopic (exact) mass is 268 g/mol. The van der Waals surface area contributed by atoms with Crippen LogP contribution in [0.3, 0.4) is 0 Å². The molecule has 0 saturated carbocycles. The molecular weight excluding hydrogens is 248 g/mol. The molecule has 0 spiro atoms. The van der Waals surface area contributed by atoms with Crippen LogP contribution in [0.25, 0.3) is 0 Å². The highest BCUT2D eigenvalue weighted by Gasteiger charge is 2.20. The van der Waals surface area contributed by atoms with Crippen molar-refractivity contribution in [3.8, 4) is 0 Å². The predicted octanol–water partition coefficient (Wildman–Crippen LogP) is 1.22. The molecule has 0 aliphatic rings. The maximum Gasteiger partial charge on any atom is 0.276 e. The Morgan fingerprint density at radius 1 is 1.63 bits per heavy atom. The van der Waals surface area contributed by atoms with Crippen LogP contribution in [0.5, 0.6) is 0 Å². The molecule has 1 amide bonds. The zero-order valence-corrected chi connectivity index (χ0v) is 11.5. The molecule has 0 bridgehead atoms. The minimum Gasteiger partial charge on any atom is -0.409 e. The van der Waals surface area contributed by atoms with Crippen molar-refractivity contribution in [2.24, 2.45) is 16.8 Å². The number of hydrogen-bond donors (Lipinski definition) is 2. The maximum absolute atomic E-state index is 12.3. The number of nitrogens with zero attached hydrogens (tertiary/aromatic N) is 3. The summed E-state index contributed by atoms with van der Waals surface area (Å²) in [6, 6.07) is 1.60. The topological polar surface area (TPSA) is 105 Å². The number of oxime groups is 1. The van der Waals surface area contributed by atoms with E-state index in [0.29, 0.717) is 31.2 Å². The SMILES string of the molecule is Cc1cc(C(=O)N(CCC(N)=NO)CC(C)C)no1. The van der Waals surface area contributed by atoms with Crippen LogP contribution in [0.15, 0.2) is 15.7 Å². The van der Waals surface area contributed by atoms with Gasteiger partial charge in [0, 0.05) is 25.6 Å². The summed E-state index contributed by atoms with van der Waals surface area (Å²) in [7, 11) is 0. The molecule has 0 atom stereocenters. The van der Waals surface area contributed by atoms with Gasteiger partial charge in [0.05, 0.1) is 0 Å². The number of amidine groups is 1. The van der Waals surface area contributed by atoms with Gasteiger partial charge in [-0.3, -0.25) is 4.79 Å². The second-order valence-corrected chi connectivity index (χ2v) is 4.81. The van der Waals surface area contributed by atoms with E-state index in [1.54, 1.807) is 17.9 Å². The van der Waals surface area contributed by atoms with Crippen LogP contribution in [-0.4, -0.2) is 40.1 Å². The van der Waals surface area contributed by atoms with Crippen molar-refractivity contribution in [2.45, 2.75) is 27.2 Å². The van der Waals surface area contributed by atoms with E-state index in [9.17, 15) is 4.79 Å². The molecule has 1 heterocycles. The number of rotatable bonds is 6. The first kappa shape index (κ1) is 15.0. The molecule has 106 valence electrons.